The summed E-state index contributed by atoms with van der Waals surface area (Å²) in [5.41, 5.74) is 1.87. The summed E-state index contributed by atoms with van der Waals surface area (Å²) in [7, 11) is 1.84. The van der Waals surface area contributed by atoms with Gasteiger partial charge in [0, 0.05) is 5.03 Å². The number of halogens is 2. The van der Waals surface area contributed by atoms with Crippen LogP contribution in [0, 0.1) is 0 Å². The van der Waals surface area contributed by atoms with Gasteiger partial charge in [-0.1, -0.05) is 66.7 Å². The molecule has 0 amide bonds. The van der Waals surface area contributed by atoms with Crippen LogP contribution in [0.2, 0.25) is 0 Å². The molecule has 0 heterocycles. The van der Waals surface area contributed by atoms with Gasteiger partial charge in [-0.2, -0.15) is 0 Å². The molecule has 0 saturated carbocycles. The molecule has 18 heavy (non-hydrogen) atoms. The number of alkyl halides is 1. The van der Waals surface area contributed by atoms with Crippen LogP contribution >= 0.6 is 11.6 Å². The van der Waals surface area contributed by atoms with E-state index >= 15 is 0 Å². The molecule has 0 aliphatic carbocycles. The van der Waals surface area contributed by atoms with Gasteiger partial charge in [-0.25, -0.2) is 4.39 Å². The third-order valence-corrected chi connectivity index (χ3v) is 2.95. The fourth-order valence-corrected chi connectivity index (χ4v) is 1.92. The SMILES string of the molecule is C=C/C(Cl)=C(\C=C/CF)C(NC)c1ccccc1. The molecule has 0 aliphatic rings. The molecule has 0 aliphatic heterocycles. The summed E-state index contributed by atoms with van der Waals surface area (Å²) in [6.45, 7) is 3.14. The third kappa shape index (κ3) is 3.83. The zero-order valence-corrected chi connectivity index (χ0v) is 11.1. The van der Waals surface area contributed by atoms with Crippen molar-refractivity contribution in [3.05, 3.63) is 71.3 Å². The quantitative estimate of drug-likeness (QED) is 0.762. The summed E-state index contributed by atoms with van der Waals surface area (Å²) in [5.74, 6) is 0. The molecule has 1 N–H and O–H groups in total. The number of hydrogen-bond acceptors (Lipinski definition) is 1. The van der Waals surface area contributed by atoms with Crippen LogP contribution in [0.15, 0.2) is 65.7 Å². The minimum atomic E-state index is -0.518. The Balaban J connectivity index is 3.18. The Morgan fingerprint density at radius 2 is 2.11 bits per heavy atom. The maximum Gasteiger partial charge on any atom is 0.108 e. The van der Waals surface area contributed by atoms with E-state index in [1.165, 1.54) is 6.08 Å². The molecule has 3 heteroatoms. The predicted octanol–water partition coefficient (Wildman–Crippen LogP) is 4.15. The topological polar surface area (TPSA) is 12.0 Å². The molecule has 96 valence electrons. The standard InChI is InChI=1S/C15H17ClFN/c1-3-14(16)13(10-7-11-17)15(18-2)12-8-5-4-6-9-12/h3-10,15,18H,1,11H2,2H3/b10-7-,14-13-. The van der Waals surface area contributed by atoms with Crippen LogP contribution in [0.4, 0.5) is 4.39 Å². The molecule has 0 saturated heterocycles. The van der Waals surface area contributed by atoms with Crippen molar-refractivity contribution in [2.75, 3.05) is 13.7 Å². The van der Waals surface area contributed by atoms with Crippen LogP contribution in [0.5, 0.6) is 0 Å². The fraction of sp³-hybridized carbons (Fsp3) is 0.200. The number of hydrogen-bond donors (Lipinski definition) is 1. The molecule has 0 radical (unpaired) electrons. The Hall–Kier alpha value is -1.38. The number of nitrogens with one attached hydrogen (secondary N) is 1. The molecule has 1 unspecified atom stereocenters. The largest absolute Gasteiger partial charge is 0.309 e. The van der Waals surface area contributed by atoms with Gasteiger partial charge in [0.05, 0.1) is 6.04 Å². The van der Waals surface area contributed by atoms with Gasteiger partial charge in [0.2, 0.25) is 0 Å². The van der Waals surface area contributed by atoms with Gasteiger partial charge in [-0.3, -0.25) is 0 Å². The van der Waals surface area contributed by atoms with Crippen molar-refractivity contribution < 1.29 is 4.39 Å². The number of allylic oxidation sites excluding steroid dienone is 3. The van der Waals surface area contributed by atoms with Gasteiger partial charge >= 0.3 is 0 Å². The first-order valence-electron chi connectivity index (χ1n) is 5.71. The molecular formula is C15H17ClFN. The van der Waals surface area contributed by atoms with Crippen LogP contribution in [0.3, 0.4) is 0 Å². The summed E-state index contributed by atoms with van der Waals surface area (Å²) in [5, 5.41) is 3.70. The normalized spacial score (nSPS) is 14.4. The number of benzene rings is 1. The highest BCUT2D eigenvalue weighted by atomic mass is 35.5. The summed E-state index contributed by atoms with van der Waals surface area (Å²) in [4.78, 5) is 0. The van der Waals surface area contributed by atoms with Crippen molar-refractivity contribution in [3.63, 3.8) is 0 Å². The first-order valence-corrected chi connectivity index (χ1v) is 6.09. The van der Waals surface area contributed by atoms with Crippen molar-refractivity contribution in [2.24, 2.45) is 0 Å². The first kappa shape index (κ1) is 14.7. The zero-order valence-electron chi connectivity index (χ0n) is 10.4. The van der Waals surface area contributed by atoms with Crippen LogP contribution in [0.1, 0.15) is 11.6 Å². The van der Waals surface area contributed by atoms with Crippen LogP contribution in [-0.4, -0.2) is 13.7 Å². The Labute approximate surface area is 113 Å². The van der Waals surface area contributed by atoms with E-state index in [-0.39, 0.29) is 6.04 Å². The molecule has 0 aromatic heterocycles. The summed E-state index contributed by atoms with van der Waals surface area (Å²) < 4.78 is 12.3. The third-order valence-electron chi connectivity index (χ3n) is 2.57. The van der Waals surface area contributed by atoms with Crippen LogP contribution in [-0.2, 0) is 0 Å². The van der Waals surface area contributed by atoms with E-state index in [1.807, 2.05) is 37.4 Å². The van der Waals surface area contributed by atoms with Crippen molar-refractivity contribution >= 4 is 11.6 Å². The lowest BCUT2D eigenvalue weighted by Crippen LogP contribution is -2.18. The molecule has 1 atom stereocenters. The fourth-order valence-electron chi connectivity index (χ4n) is 1.75. The highest BCUT2D eigenvalue weighted by molar-refractivity contribution is 6.31. The van der Waals surface area contributed by atoms with Gasteiger partial charge in [-0.15, -0.1) is 0 Å². The molecular weight excluding hydrogens is 249 g/mol. The molecule has 1 nitrogen and oxygen atoms in total. The minimum absolute atomic E-state index is 0.0838. The Morgan fingerprint density at radius 1 is 1.44 bits per heavy atom. The summed E-state index contributed by atoms with van der Waals surface area (Å²) in [6.07, 6.45) is 4.69. The van der Waals surface area contributed by atoms with Crippen molar-refractivity contribution in [2.45, 2.75) is 6.04 Å². The Morgan fingerprint density at radius 3 is 2.61 bits per heavy atom. The highest BCUT2D eigenvalue weighted by Crippen LogP contribution is 2.27. The van der Waals surface area contributed by atoms with Crippen molar-refractivity contribution in [3.8, 4) is 0 Å². The van der Waals surface area contributed by atoms with E-state index in [4.69, 9.17) is 11.6 Å². The number of likely N-dealkylation sites (N-methyl/N-ethyl adjacent to an activating group) is 1. The van der Waals surface area contributed by atoms with Gasteiger partial charge in [0.25, 0.3) is 0 Å². The van der Waals surface area contributed by atoms with Gasteiger partial charge < -0.3 is 5.32 Å². The lowest BCUT2D eigenvalue weighted by atomic mass is 9.98. The molecule has 1 rings (SSSR count). The van der Waals surface area contributed by atoms with E-state index in [0.29, 0.717) is 5.03 Å². The van der Waals surface area contributed by atoms with Crippen LogP contribution < -0.4 is 5.32 Å². The maximum absolute atomic E-state index is 12.3. The zero-order chi connectivity index (χ0) is 13.4. The van der Waals surface area contributed by atoms with E-state index < -0.39 is 6.67 Å². The smallest absolute Gasteiger partial charge is 0.108 e. The van der Waals surface area contributed by atoms with E-state index in [0.717, 1.165) is 11.1 Å². The predicted molar refractivity (Wildman–Crippen MR) is 76.4 cm³/mol. The van der Waals surface area contributed by atoms with Gasteiger partial charge in [-0.05, 0) is 18.2 Å². The molecule has 1 aromatic carbocycles. The van der Waals surface area contributed by atoms with E-state index in [1.54, 1.807) is 12.2 Å². The monoisotopic (exact) mass is 265 g/mol. The second-order valence-electron chi connectivity index (χ2n) is 3.70. The minimum Gasteiger partial charge on any atom is -0.309 e. The lowest BCUT2D eigenvalue weighted by molar-refractivity contribution is 0.561. The van der Waals surface area contributed by atoms with Gasteiger partial charge in [0.1, 0.15) is 6.67 Å². The first-order chi connectivity index (χ1) is 8.74. The van der Waals surface area contributed by atoms with E-state index in [9.17, 15) is 4.39 Å². The van der Waals surface area contributed by atoms with Crippen molar-refractivity contribution in [1.29, 1.82) is 0 Å². The molecule has 0 fully saturated rings. The average molecular weight is 266 g/mol. The summed E-state index contributed by atoms with van der Waals surface area (Å²) >= 11 is 6.14. The Kier molecular flexibility index (Phi) is 6.40. The van der Waals surface area contributed by atoms with Crippen LogP contribution in [0.25, 0.3) is 0 Å². The Bertz CT molecular complexity index is 437. The maximum atomic E-state index is 12.3. The van der Waals surface area contributed by atoms with E-state index in [2.05, 4.69) is 11.9 Å². The van der Waals surface area contributed by atoms with Crippen molar-refractivity contribution in [1.82, 2.24) is 5.32 Å². The highest BCUT2D eigenvalue weighted by Gasteiger charge is 2.14. The second kappa shape index (κ2) is 7.85. The molecule has 0 bridgehead atoms. The average Bonchev–Trinajstić information content (AvgIpc) is 2.43. The van der Waals surface area contributed by atoms with Gasteiger partial charge in [0.15, 0.2) is 0 Å². The second-order valence-corrected chi connectivity index (χ2v) is 4.10. The molecule has 1 aromatic rings. The lowest BCUT2D eigenvalue weighted by Gasteiger charge is -2.19. The number of rotatable bonds is 6. The summed E-state index contributed by atoms with van der Waals surface area (Å²) in [6, 6.07) is 9.77. The molecule has 0 spiro atoms.